The minimum atomic E-state index is -0.619. The van der Waals surface area contributed by atoms with Gasteiger partial charge in [0.25, 0.3) is 0 Å². The van der Waals surface area contributed by atoms with Gasteiger partial charge in [-0.1, -0.05) is 23.4 Å². The number of benzene rings is 2. The SMILES string of the molecule is COc1ccc(/C(C)=N/OCC(=O)N=Nc2c(O)[nH]c3ccccc23)cc1. The Balaban J connectivity index is 1.60. The third-order valence-corrected chi connectivity index (χ3v) is 3.82. The van der Waals surface area contributed by atoms with Crippen molar-refractivity contribution in [2.75, 3.05) is 13.7 Å². The Bertz CT molecular complexity index is 1010. The summed E-state index contributed by atoms with van der Waals surface area (Å²) < 4.78 is 5.10. The Morgan fingerprint density at radius 1 is 1.15 bits per heavy atom. The Labute approximate surface area is 155 Å². The molecule has 2 N–H and O–H groups in total. The zero-order valence-corrected chi connectivity index (χ0v) is 14.8. The van der Waals surface area contributed by atoms with Crippen LogP contribution in [0.25, 0.3) is 10.9 Å². The lowest BCUT2D eigenvalue weighted by atomic mass is 10.1. The fourth-order valence-electron chi connectivity index (χ4n) is 2.42. The number of aromatic amines is 1. The maximum Gasteiger partial charge on any atom is 0.304 e. The van der Waals surface area contributed by atoms with Crippen LogP contribution in [0.15, 0.2) is 63.9 Å². The van der Waals surface area contributed by atoms with Crippen molar-refractivity contribution in [3.8, 4) is 11.6 Å². The molecule has 8 heteroatoms. The van der Waals surface area contributed by atoms with Gasteiger partial charge < -0.3 is 19.7 Å². The molecule has 3 aromatic rings. The van der Waals surface area contributed by atoms with E-state index in [1.54, 1.807) is 44.4 Å². The van der Waals surface area contributed by atoms with Crippen molar-refractivity contribution >= 4 is 28.2 Å². The van der Waals surface area contributed by atoms with Gasteiger partial charge in [0, 0.05) is 5.39 Å². The van der Waals surface area contributed by atoms with Crippen molar-refractivity contribution in [1.29, 1.82) is 0 Å². The molecule has 0 aliphatic rings. The molecular weight excluding hydrogens is 348 g/mol. The molecule has 0 saturated carbocycles. The van der Waals surface area contributed by atoms with Crippen LogP contribution in [0.5, 0.6) is 11.6 Å². The normalized spacial score (nSPS) is 11.9. The molecule has 1 aromatic heterocycles. The third kappa shape index (κ3) is 4.30. The van der Waals surface area contributed by atoms with Crippen molar-refractivity contribution < 1.29 is 19.5 Å². The van der Waals surface area contributed by atoms with Gasteiger partial charge in [0.05, 0.1) is 18.3 Å². The fourth-order valence-corrected chi connectivity index (χ4v) is 2.42. The maximum absolute atomic E-state index is 11.8. The van der Waals surface area contributed by atoms with Crippen LogP contribution in [0.1, 0.15) is 12.5 Å². The first-order valence-corrected chi connectivity index (χ1v) is 8.13. The van der Waals surface area contributed by atoms with Gasteiger partial charge in [-0.2, -0.15) is 0 Å². The van der Waals surface area contributed by atoms with Crippen LogP contribution in [0, 0.1) is 0 Å². The Morgan fingerprint density at radius 2 is 1.89 bits per heavy atom. The largest absolute Gasteiger partial charge is 0.497 e. The third-order valence-electron chi connectivity index (χ3n) is 3.82. The molecule has 0 atom stereocenters. The van der Waals surface area contributed by atoms with Gasteiger partial charge in [-0.3, -0.25) is 4.79 Å². The highest BCUT2D eigenvalue weighted by Crippen LogP contribution is 2.35. The number of oxime groups is 1. The minimum Gasteiger partial charge on any atom is -0.497 e. The van der Waals surface area contributed by atoms with Crippen LogP contribution in [0.3, 0.4) is 0 Å². The van der Waals surface area contributed by atoms with Gasteiger partial charge in [-0.05, 0) is 42.8 Å². The standard InChI is InChI=1S/C19H18N4O4/c1-12(13-7-9-14(26-2)10-8-13)23-27-11-17(24)21-22-18-15-5-3-4-6-16(15)20-19(18)25/h3-10,20,25H,11H2,1-2H3/b22-21?,23-12+. The topological polar surface area (TPSA) is 109 Å². The molecule has 0 spiro atoms. The molecule has 27 heavy (non-hydrogen) atoms. The lowest BCUT2D eigenvalue weighted by Gasteiger charge is -2.03. The summed E-state index contributed by atoms with van der Waals surface area (Å²) in [7, 11) is 1.59. The van der Waals surface area contributed by atoms with Gasteiger partial charge in [0.1, 0.15) is 5.75 Å². The van der Waals surface area contributed by atoms with E-state index >= 15 is 0 Å². The van der Waals surface area contributed by atoms with E-state index in [9.17, 15) is 9.90 Å². The number of hydrogen-bond donors (Lipinski definition) is 2. The average Bonchev–Trinajstić information content (AvgIpc) is 3.01. The van der Waals surface area contributed by atoms with Gasteiger partial charge in [0.2, 0.25) is 5.88 Å². The van der Waals surface area contributed by atoms with Gasteiger partial charge in [0.15, 0.2) is 12.3 Å². The molecule has 3 rings (SSSR count). The minimum absolute atomic E-state index is 0.151. The highest BCUT2D eigenvalue weighted by Gasteiger charge is 2.10. The molecule has 0 unspecified atom stereocenters. The van der Waals surface area contributed by atoms with Crippen molar-refractivity contribution in [3.05, 3.63) is 54.1 Å². The Morgan fingerprint density at radius 3 is 2.63 bits per heavy atom. The lowest BCUT2D eigenvalue weighted by Crippen LogP contribution is -2.04. The number of carbonyl (C=O) groups is 1. The van der Waals surface area contributed by atoms with Gasteiger partial charge in [-0.15, -0.1) is 10.2 Å². The van der Waals surface area contributed by atoms with E-state index in [1.807, 2.05) is 18.2 Å². The zero-order valence-electron chi connectivity index (χ0n) is 14.8. The monoisotopic (exact) mass is 366 g/mol. The lowest BCUT2D eigenvalue weighted by molar-refractivity contribution is -0.122. The van der Waals surface area contributed by atoms with E-state index in [2.05, 4.69) is 20.4 Å². The number of carbonyl (C=O) groups excluding carboxylic acids is 1. The Hall–Kier alpha value is -3.68. The molecule has 0 aliphatic heterocycles. The summed E-state index contributed by atoms with van der Waals surface area (Å²) in [5.74, 6) is -0.0309. The number of hydrogen-bond acceptors (Lipinski definition) is 6. The first-order chi connectivity index (χ1) is 13.1. The first-order valence-electron chi connectivity index (χ1n) is 8.13. The van der Waals surface area contributed by atoms with E-state index < -0.39 is 5.91 Å². The number of nitrogens with zero attached hydrogens (tertiary/aromatic N) is 3. The summed E-state index contributed by atoms with van der Waals surface area (Å²) >= 11 is 0. The number of fused-ring (bicyclic) bond motifs is 1. The number of azo groups is 1. The molecule has 2 aromatic carbocycles. The molecule has 0 aliphatic carbocycles. The van der Waals surface area contributed by atoms with Crippen LogP contribution in [0.2, 0.25) is 0 Å². The fraction of sp³-hybridized carbons (Fsp3) is 0.158. The predicted molar refractivity (Wildman–Crippen MR) is 101 cm³/mol. The van der Waals surface area contributed by atoms with E-state index in [0.717, 1.165) is 11.3 Å². The molecular formula is C19H18N4O4. The van der Waals surface area contributed by atoms with Crippen LogP contribution < -0.4 is 4.74 Å². The number of methoxy groups -OCH3 is 1. The highest BCUT2D eigenvalue weighted by atomic mass is 16.6. The van der Waals surface area contributed by atoms with E-state index in [4.69, 9.17) is 9.57 Å². The van der Waals surface area contributed by atoms with Gasteiger partial charge >= 0.3 is 5.91 Å². The molecule has 8 nitrogen and oxygen atoms in total. The molecule has 1 amide bonds. The van der Waals surface area contributed by atoms with E-state index in [-0.39, 0.29) is 18.2 Å². The second-order valence-corrected chi connectivity index (χ2v) is 5.64. The second-order valence-electron chi connectivity index (χ2n) is 5.64. The number of para-hydroxylation sites is 1. The predicted octanol–water partition coefficient (Wildman–Crippen LogP) is 3.93. The second kappa shape index (κ2) is 8.13. The number of aromatic nitrogens is 1. The van der Waals surface area contributed by atoms with Crippen LogP contribution >= 0.6 is 0 Å². The number of rotatable bonds is 6. The summed E-state index contributed by atoms with van der Waals surface area (Å²) in [6.07, 6.45) is 0. The van der Waals surface area contributed by atoms with Crippen molar-refractivity contribution in [3.63, 3.8) is 0 Å². The summed E-state index contributed by atoms with van der Waals surface area (Å²) in [4.78, 5) is 19.6. The summed E-state index contributed by atoms with van der Waals surface area (Å²) in [6, 6.07) is 14.5. The molecule has 0 radical (unpaired) electrons. The van der Waals surface area contributed by atoms with Crippen molar-refractivity contribution in [1.82, 2.24) is 4.98 Å². The number of nitrogens with one attached hydrogen (secondary N) is 1. The highest BCUT2D eigenvalue weighted by molar-refractivity contribution is 5.98. The quantitative estimate of drug-likeness (QED) is 0.391. The van der Waals surface area contributed by atoms with Crippen molar-refractivity contribution in [2.45, 2.75) is 6.92 Å². The number of H-pyrrole nitrogens is 1. The van der Waals surface area contributed by atoms with E-state index in [0.29, 0.717) is 16.6 Å². The van der Waals surface area contributed by atoms with Crippen LogP contribution in [0.4, 0.5) is 5.69 Å². The van der Waals surface area contributed by atoms with Gasteiger partial charge in [-0.25, -0.2) is 0 Å². The average molecular weight is 366 g/mol. The first kappa shape index (κ1) is 18.1. The van der Waals surface area contributed by atoms with E-state index in [1.165, 1.54) is 0 Å². The number of ether oxygens (including phenoxy) is 1. The maximum atomic E-state index is 11.8. The van der Waals surface area contributed by atoms with Crippen LogP contribution in [-0.4, -0.2) is 35.4 Å². The van der Waals surface area contributed by atoms with Crippen LogP contribution in [-0.2, 0) is 9.63 Å². The Kier molecular flexibility index (Phi) is 5.46. The zero-order chi connectivity index (χ0) is 19.2. The molecule has 1 heterocycles. The molecule has 0 saturated heterocycles. The molecule has 0 bridgehead atoms. The summed E-state index contributed by atoms with van der Waals surface area (Å²) in [5, 5.41) is 21.8. The summed E-state index contributed by atoms with van der Waals surface area (Å²) in [5.41, 5.74) is 2.36. The number of aromatic hydroxyl groups is 1. The number of amides is 1. The van der Waals surface area contributed by atoms with Crippen molar-refractivity contribution in [2.24, 2.45) is 15.4 Å². The molecule has 138 valence electrons. The molecule has 0 fully saturated rings. The smallest absolute Gasteiger partial charge is 0.304 e. The summed E-state index contributed by atoms with van der Waals surface area (Å²) in [6.45, 7) is 1.40.